The fourth-order valence-electron chi connectivity index (χ4n) is 4.77. The van der Waals surface area contributed by atoms with Gasteiger partial charge in [-0.15, -0.1) is 11.3 Å². The van der Waals surface area contributed by atoms with Gasteiger partial charge in [0.05, 0.1) is 17.9 Å². The zero-order chi connectivity index (χ0) is 24.5. The minimum atomic E-state index is -0.534. The largest absolute Gasteiger partial charge is 0.497 e. The molecule has 0 saturated heterocycles. The second-order valence-electron chi connectivity index (χ2n) is 8.75. The number of aromatic nitrogens is 1. The van der Waals surface area contributed by atoms with Crippen LogP contribution in [0.3, 0.4) is 0 Å². The number of aryl methyl sites for hydroxylation is 1. The number of anilines is 1. The topological polar surface area (TPSA) is 101 Å². The van der Waals surface area contributed by atoms with Gasteiger partial charge in [-0.2, -0.15) is 0 Å². The number of methoxy groups -OCH3 is 1. The molecular formula is C26H26N4O4S. The van der Waals surface area contributed by atoms with Crippen molar-refractivity contribution in [1.82, 2.24) is 15.2 Å². The van der Waals surface area contributed by atoms with Gasteiger partial charge in [-0.3, -0.25) is 19.4 Å². The standard InChI is InChI=1S/C26H26N4O4S/c1-15-21(13-28-26(33)23-4-3-9-35-23)18-7-8-30(14-16(18)12-27-15)24(31)11-20-19-10-17(34-2)5-6-22(19)29-25(20)32/h3-6,9-10,12,20H,7-8,11,13-14H2,1-2H3,(H,28,33)(H,29,32). The Morgan fingerprint density at radius 3 is 2.94 bits per heavy atom. The molecule has 2 aliphatic heterocycles. The quantitative estimate of drug-likeness (QED) is 0.552. The number of hydrogen-bond acceptors (Lipinski definition) is 6. The van der Waals surface area contributed by atoms with Gasteiger partial charge in [0.25, 0.3) is 5.91 Å². The lowest BCUT2D eigenvalue weighted by Crippen LogP contribution is -2.38. The summed E-state index contributed by atoms with van der Waals surface area (Å²) in [6.45, 7) is 3.33. The van der Waals surface area contributed by atoms with Gasteiger partial charge >= 0.3 is 0 Å². The fourth-order valence-corrected chi connectivity index (χ4v) is 5.41. The summed E-state index contributed by atoms with van der Waals surface area (Å²) in [7, 11) is 1.58. The Labute approximate surface area is 207 Å². The smallest absolute Gasteiger partial charge is 0.261 e. The molecule has 4 heterocycles. The molecule has 1 unspecified atom stereocenters. The predicted molar refractivity (Wildman–Crippen MR) is 133 cm³/mol. The highest BCUT2D eigenvalue weighted by molar-refractivity contribution is 7.12. The molecule has 3 amide bonds. The van der Waals surface area contributed by atoms with Gasteiger partial charge in [-0.25, -0.2) is 0 Å². The second kappa shape index (κ2) is 9.50. The monoisotopic (exact) mass is 490 g/mol. The molecule has 1 atom stereocenters. The predicted octanol–water partition coefficient (Wildman–Crippen LogP) is 3.40. The number of nitrogens with one attached hydrogen (secondary N) is 2. The van der Waals surface area contributed by atoms with Crippen LogP contribution < -0.4 is 15.4 Å². The number of pyridine rings is 1. The van der Waals surface area contributed by atoms with E-state index >= 15 is 0 Å². The van der Waals surface area contributed by atoms with Gasteiger partial charge in [0, 0.05) is 43.6 Å². The second-order valence-corrected chi connectivity index (χ2v) is 9.70. The summed E-state index contributed by atoms with van der Waals surface area (Å²) in [5, 5.41) is 7.73. The molecule has 9 heteroatoms. The number of thiophene rings is 1. The van der Waals surface area contributed by atoms with Crippen molar-refractivity contribution in [2.75, 3.05) is 19.0 Å². The Hall–Kier alpha value is -3.72. The summed E-state index contributed by atoms with van der Waals surface area (Å²) in [6, 6.07) is 9.07. The number of carbonyl (C=O) groups is 3. The highest BCUT2D eigenvalue weighted by Gasteiger charge is 2.35. The maximum Gasteiger partial charge on any atom is 0.261 e. The average Bonchev–Trinajstić information content (AvgIpc) is 3.51. The average molecular weight is 491 g/mol. The summed E-state index contributed by atoms with van der Waals surface area (Å²) in [5.74, 6) is -0.214. The summed E-state index contributed by atoms with van der Waals surface area (Å²) in [4.78, 5) is 45.2. The van der Waals surface area contributed by atoms with Crippen LogP contribution in [0.25, 0.3) is 0 Å². The van der Waals surface area contributed by atoms with Crippen LogP contribution in [-0.4, -0.2) is 41.3 Å². The Balaban J connectivity index is 1.28. The van der Waals surface area contributed by atoms with E-state index < -0.39 is 5.92 Å². The molecule has 1 aromatic carbocycles. The van der Waals surface area contributed by atoms with E-state index in [1.807, 2.05) is 30.6 Å². The Morgan fingerprint density at radius 1 is 1.31 bits per heavy atom. The number of amides is 3. The van der Waals surface area contributed by atoms with Crippen LogP contribution in [0.2, 0.25) is 0 Å². The maximum atomic E-state index is 13.2. The lowest BCUT2D eigenvalue weighted by atomic mass is 9.93. The van der Waals surface area contributed by atoms with Crippen molar-refractivity contribution in [3.05, 3.63) is 74.7 Å². The third-order valence-corrected chi connectivity index (χ3v) is 7.57. The van der Waals surface area contributed by atoms with E-state index in [4.69, 9.17) is 4.74 Å². The van der Waals surface area contributed by atoms with Crippen molar-refractivity contribution in [2.24, 2.45) is 0 Å². The number of ether oxygens (including phenoxy) is 1. The first-order chi connectivity index (χ1) is 16.9. The van der Waals surface area contributed by atoms with E-state index in [0.717, 1.165) is 33.6 Å². The van der Waals surface area contributed by atoms with Crippen molar-refractivity contribution < 1.29 is 19.1 Å². The minimum Gasteiger partial charge on any atom is -0.497 e. The summed E-state index contributed by atoms with van der Waals surface area (Å²) < 4.78 is 5.29. The summed E-state index contributed by atoms with van der Waals surface area (Å²) >= 11 is 1.41. The molecule has 0 aliphatic carbocycles. The van der Waals surface area contributed by atoms with Crippen LogP contribution in [0.5, 0.6) is 5.75 Å². The van der Waals surface area contributed by atoms with Crippen LogP contribution >= 0.6 is 11.3 Å². The minimum absolute atomic E-state index is 0.0698. The van der Waals surface area contributed by atoms with Crippen molar-refractivity contribution in [3.63, 3.8) is 0 Å². The van der Waals surface area contributed by atoms with E-state index in [1.165, 1.54) is 11.3 Å². The highest BCUT2D eigenvalue weighted by atomic mass is 32.1. The zero-order valence-corrected chi connectivity index (χ0v) is 20.4. The molecule has 5 rings (SSSR count). The molecule has 2 aromatic heterocycles. The molecule has 2 aliphatic rings. The molecule has 0 saturated carbocycles. The van der Waals surface area contributed by atoms with Gasteiger partial charge in [-0.1, -0.05) is 6.07 Å². The van der Waals surface area contributed by atoms with Crippen molar-refractivity contribution in [3.8, 4) is 5.75 Å². The Bertz CT molecular complexity index is 1300. The molecule has 0 radical (unpaired) electrons. The van der Waals surface area contributed by atoms with Crippen LogP contribution in [0, 0.1) is 6.92 Å². The van der Waals surface area contributed by atoms with Gasteiger partial charge in [-0.05, 0) is 65.2 Å². The van der Waals surface area contributed by atoms with E-state index in [2.05, 4.69) is 15.6 Å². The van der Waals surface area contributed by atoms with Crippen LogP contribution in [-0.2, 0) is 29.1 Å². The number of fused-ring (bicyclic) bond motifs is 2. The van der Waals surface area contributed by atoms with Crippen molar-refractivity contribution in [2.45, 2.75) is 38.8 Å². The molecule has 180 valence electrons. The van der Waals surface area contributed by atoms with Gasteiger partial charge in [0.1, 0.15) is 5.75 Å². The van der Waals surface area contributed by atoms with Crippen molar-refractivity contribution >= 4 is 34.7 Å². The number of rotatable bonds is 6. The van der Waals surface area contributed by atoms with E-state index in [1.54, 1.807) is 30.2 Å². The van der Waals surface area contributed by atoms with Gasteiger partial charge < -0.3 is 20.3 Å². The van der Waals surface area contributed by atoms with Crippen LogP contribution in [0.15, 0.2) is 41.9 Å². The first kappa shape index (κ1) is 23.0. The normalized spacial score (nSPS) is 16.3. The number of benzene rings is 1. The Kier molecular flexibility index (Phi) is 6.25. The van der Waals surface area contributed by atoms with Gasteiger partial charge in [0.15, 0.2) is 0 Å². The SMILES string of the molecule is COc1ccc2c(c1)C(CC(=O)N1CCc3c(cnc(C)c3CNC(=O)c3cccs3)C1)C(=O)N2. The van der Waals surface area contributed by atoms with E-state index in [0.29, 0.717) is 36.7 Å². The molecular weight excluding hydrogens is 464 g/mol. The van der Waals surface area contributed by atoms with Crippen molar-refractivity contribution in [1.29, 1.82) is 0 Å². The third-order valence-electron chi connectivity index (χ3n) is 6.71. The lowest BCUT2D eigenvalue weighted by Gasteiger charge is -2.31. The van der Waals surface area contributed by atoms with E-state index in [-0.39, 0.29) is 24.1 Å². The summed E-state index contributed by atoms with van der Waals surface area (Å²) in [6.07, 6.45) is 2.59. The number of nitrogens with zero attached hydrogens (tertiary/aromatic N) is 2. The Morgan fingerprint density at radius 2 is 2.17 bits per heavy atom. The molecule has 35 heavy (non-hydrogen) atoms. The molecule has 0 spiro atoms. The fraction of sp³-hybridized carbons (Fsp3) is 0.308. The summed E-state index contributed by atoms with van der Waals surface area (Å²) in [5.41, 5.74) is 5.53. The van der Waals surface area contributed by atoms with E-state index in [9.17, 15) is 14.4 Å². The first-order valence-electron chi connectivity index (χ1n) is 11.5. The lowest BCUT2D eigenvalue weighted by molar-refractivity contribution is -0.134. The number of carbonyl (C=O) groups excluding carboxylic acids is 3. The molecule has 3 aromatic rings. The molecule has 0 bridgehead atoms. The maximum absolute atomic E-state index is 13.2. The van der Waals surface area contributed by atoms with Crippen LogP contribution in [0.4, 0.5) is 5.69 Å². The third kappa shape index (κ3) is 4.51. The zero-order valence-electron chi connectivity index (χ0n) is 19.6. The molecule has 2 N–H and O–H groups in total. The number of hydrogen-bond donors (Lipinski definition) is 2. The van der Waals surface area contributed by atoms with Gasteiger partial charge in [0.2, 0.25) is 11.8 Å². The van der Waals surface area contributed by atoms with Crippen LogP contribution in [0.1, 0.15) is 50.0 Å². The highest BCUT2D eigenvalue weighted by Crippen LogP contribution is 2.37. The molecule has 8 nitrogen and oxygen atoms in total. The first-order valence-corrected chi connectivity index (χ1v) is 12.4. The molecule has 0 fully saturated rings.